The number of hydrogen-bond donors (Lipinski definition) is 2. The molecule has 0 atom stereocenters. The lowest BCUT2D eigenvalue weighted by atomic mass is 9.84. The van der Waals surface area contributed by atoms with E-state index in [1.807, 2.05) is 24.3 Å². The van der Waals surface area contributed by atoms with Crippen LogP contribution in [0, 0.1) is 5.82 Å². The standard InChI is InChI=1S/C21H28FN3O2/c1-21(2,16-10-11-18(26-4)19(12-16)27-5)14-25-20(23-3)24-13-15-8-6-7-9-17(15)22/h6-12H,13-14H2,1-5H3,(H2,23,24,25). The van der Waals surface area contributed by atoms with Gasteiger partial charge in [0.2, 0.25) is 0 Å². The van der Waals surface area contributed by atoms with Gasteiger partial charge in [-0.25, -0.2) is 4.39 Å². The Labute approximate surface area is 160 Å². The third kappa shape index (κ3) is 5.36. The molecular formula is C21H28FN3O2. The van der Waals surface area contributed by atoms with E-state index in [0.717, 1.165) is 5.56 Å². The molecule has 27 heavy (non-hydrogen) atoms. The maximum atomic E-state index is 13.8. The van der Waals surface area contributed by atoms with E-state index < -0.39 is 0 Å². The molecule has 0 amide bonds. The van der Waals surface area contributed by atoms with Gasteiger partial charge in [0, 0.05) is 31.1 Å². The molecule has 0 fully saturated rings. The number of methoxy groups -OCH3 is 2. The van der Waals surface area contributed by atoms with Crippen LogP contribution in [0.3, 0.4) is 0 Å². The minimum atomic E-state index is -0.230. The zero-order valence-electron chi connectivity index (χ0n) is 16.6. The second kappa shape index (κ2) is 9.26. The van der Waals surface area contributed by atoms with Crippen molar-refractivity contribution in [1.29, 1.82) is 0 Å². The summed E-state index contributed by atoms with van der Waals surface area (Å²) in [6.07, 6.45) is 0. The van der Waals surface area contributed by atoms with Crippen LogP contribution in [0.4, 0.5) is 4.39 Å². The number of aliphatic imine (C=N–C) groups is 1. The number of hydrogen-bond acceptors (Lipinski definition) is 3. The first kappa shape index (κ1) is 20.6. The first-order chi connectivity index (χ1) is 12.9. The fraction of sp³-hybridized carbons (Fsp3) is 0.381. The monoisotopic (exact) mass is 373 g/mol. The molecule has 146 valence electrons. The van der Waals surface area contributed by atoms with Crippen molar-refractivity contribution >= 4 is 5.96 Å². The van der Waals surface area contributed by atoms with Crippen LogP contribution in [-0.4, -0.2) is 33.8 Å². The predicted octanol–water partition coefficient (Wildman–Crippen LogP) is 3.49. The maximum Gasteiger partial charge on any atom is 0.191 e. The minimum Gasteiger partial charge on any atom is -0.493 e. The van der Waals surface area contributed by atoms with Gasteiger partial charge in [0.15, 0.2) is 17.5 Å². The molecule has 0 heterocycles. The normalized spacial score (nSPS) is 11.9. The van der Waals surface area contributed by atoms with Gasteiger partial charge in [0.05, 0.1) is 14.2 Å². The van der Waals surface area contributed by atoms with E-state index in [1.165, 1.54) is 6.07 Å². The Balaban J connectivity index is 2.01. The summed E-state index contributed by atoms with van der Waals surface area (Å²) in [7, 11) is 4.94. The van der Waals surface area contributed by atoms with E-state index >= 15 is 0 Å². The molecule has 6 heteroatoms. The van der Waals surface area contributed by atoms with Crippen LogP contribution in [0.1, 0.15) is 25.0 Å². The summed E-state index contributed by atoms with van der Waals surface area (Å²) in [5.41, 5.74) is 1.52. The van der Waals surface area contributed by atoms with Crippen molar-refractivity contribution in [2.24, 2.45) is 4.99 Å². The van der Waals surface area contributed by atoms with E-state index in [1.54, 1.807) is 33.4 Å². The van der Waals surface area contributed by atoms with Gasteiger partial charge in [-0.15, -0.1) is 0 Å². The average Bonchev–Trinajstić information content (AvgIpc) is 2.68. The smallest absolute Gasteiger partial charge is 0.191 e. The summed E-state index contributed by atoms with van der Waals surface area (Å²) in [5, 5.41) is 6.45. The second-order valence-corrected chi connectivity index (χ2v) is 6.82. The van der Waals surface area contributed by atoms with E-state index in [0.29, 0.717) is 36.1 Å². The van der Waals surface area contributed by atoms with Gasteiger partial charge < -0.3 is 20.1 Å². The Hall–Kier alpha value is -2.76. The average molecular weight is 373 g/mol. The number of nitrogens with zero attached hydrogens (tertiary/aromatic N) is 1. The molecular weight excluding hydrogens is 345 g/mol. The van der Waals surface area contributed by atoms with Gasteiger partial charge in [0.1, 0.15) is 5.82 Å². The molecule has 2 rings (SSSR count). The van der Waals surface area contributed by atoms with Crippen LogP contribution in [0.15, 0.2) is 47.5 Å². The maximum absolute atomic E-state index is 13.8. The molecule has 0 spiro atoms. The molecule has 2 aromatic rings. The zero-order valence-corrected chi connectivity index (χ0v) is 16.6. The van der Waals surface area contributed by atoms with Crippen LogP contribution >= 0.6 is 0 Å². The molecule has 0 saturated heterocycles. The van der Waals surface area contributed by atoms with Gasteiger partial charge in [-0.2, -0.15) is 0 Å². The number of benzene rings is 2. The Morgan fingerprint density at radius 3 is 2.37 bits per heavy atom. The molecule has 0 aliphatic carbocycles. The first-order valence-corrected chi connectivity index (χ1v) is 8.81. The van der Waals surface area contributed by atoms with Crippen LogP contribution in [0.25, 0.3) is 0 Å². The third-order valence-electron chi connectivity index (χ3n) is 4.49. The molecule has 0 aliphatic rings. The van der Waals surface area contributed by atoms with Crippen LogP contribution in [0.2, 0.25) is 0 Å². The fourth-order valence-corrected chi connectivity index (χ4v) is 2.71. The van der Waals surface area contributed by atoms with Gasteiger partial charge in [0.25, 0.3) is 0 Å². The molecule has 0 bridgehead atoms. The minimum absolute atomic E-state index is 0.185. The summed E-state index contributed by atoms with van der Waals surface area (Å²) in [4.78, 5) is 4.22. The predicted molar refractivity (Wildman–Crippen MR) is 107 cm³/mol. The van der Waals surface area contributed by atoms with E-state index in [9.17, 15) is 4.39 Å². The number of guanidine groups is 1. The highest BCUT2D eigenvalue weighted by molar-refractivity contribution is 5.79. The Bertz CT molecular complexity index is 791. The van der Waals surface area contributed by atoms with Crippen LogP contribution in [-0.2, 0) is 12.0 Å². The summed E-state index contributed by atoms with van der Waals surface area (Å²) in [5.74, 6) is 1.79. The molecule has 5 nitrogen and oxygen atoms in total. The van der Waals surface area contributed by atoms with Crippen LogP contribution < -0.4 is 20.1 Å². The highest BCUT2D eigenvalue weighted by Crippen LogP contribution is 2.32. The van der Waals surface area contributed by atoms with Gasteiger partial charge in [-0.1, -0.05) is 38.1 Å². The Morgan fingerprint density at radius 2 is 1.74 bits per heavy atom. The fourth-order valence-electron chi connectivity index (χ4n) is 2.71. The summed E-state index contributed by atoms with van der Waals surface area (Å²) < 4.78 is 24.5. The molecule has 0 aliphatic heterocycles. The first-order valence-electron chi connectivity index (χ1n) is 8.81. The van der Waals surface area contributed by atoms with Crippen LogP contribution in [0.5, 0.6) is 11.5 Å². The summed E-state index contributed by atoms with van der Waals surface area (Å²) >= 11 is 0. The van der Waals surface area contributed by atoms with Crippen molar-refractivity contribution in [3.05, 3.63) is 59.4 Å². The number of ether oxygens (including phenoxy) is 2. The quantitative estimate of drug-likeness (QED) is 0.576. The van der Waals surface area contributed by atoms with Gasteiger partial charge in [-0.3, -0.25) is 4.99 Å². The number of halogens is 1. The Kier molecular flexibility index (Phi) is 7.05. The lowest BCUT2D eigenvalue weighted by Gasteiger charge is -2.27. The van der Waals surface area contributed by atoms with Gasteiger partial charge >= 0.3 is 0 Å². The summed E-state index contributed by atoms with van der Waals surface area (Å²) in [6, 6.07) is 12.6. The topological polar surface area (TPSA) is 54.9 Å². The van der Waals surface area contributed by atoms with Gasteiger partial charge in [-0.05, 0) is 23.8 Å². The van der Waals surface area contributed by atoms with Crippen molar-refractivity contribution in [2.45, 2.75) is 25.8 Å². The number of nitrogens with one attached hydrogen (secondary N) is 2. The van der Waals surface area contributed by atoms with E-state index in [2.05, 4.69) is 29.5 Å². The lowest BCUT2D eigenvalue weighted by molar-refractivity contribution is 0.353. The molecule has 0 aromatic heterocycles. The molecule has 0 unspecified atom stereocenters. The van der Waals surface area contributed by atoms with Crippen molar-refractivity contribution in [3.8, 4) is 11.5 Å². The molecule has 2 N–H and O–H groups in total. The SMILES string of the molecule is CN=C(NCc1ccccc1F)NCC(C)(C)c1ccc(OC)c(OC)c1. The van der Waals surface area contributed by atoms with E-state index in [-0.39, 0.29) is 11.2 Å². The molecule has 0 saturated carbocycles. The van der Waals surface area contributed by atoms with Crippen molar-refractivity contribution in [2.75, 3.05) is 27.8 Å². The Morgan fingerprint density at radius 1 is 1.04 bits per heavy atom. The molecule has 2 aromatic carbocycles. The van der Waals surface area contributed by atoms with Crippen molar-refractivity contribution in [3.63, 3.8) is 0 Å². The van der Waals surface area contributed by atoms with Crippen molar-refractivity contribution < 1.29 is 13.9 Å². The third-order valence-corrected chi connectivity index (χ3v) is 4.49. The number of rotatable bonds is 7. The summed E-state index contributed by atoms with van der Waals surface area (Å²) in [6.45, 7) is 5.26. The molecule has 0 radical (unpaired) electrons. The second-order valence-electron chi connectivity index (χ2n) is 6.82. The van der Waals surface area contributed by atoms with Crippen molar-refractivity contribution in [1.82, 2.24) is 10.6 Å². The highest BCUT2D eigenvalue weighted by atomic mass is 19.1. The zero-order chi connectivity index (χ0) is 19.9. The van der Waals surface area contributed by atoms with E-state index in [4.69, 9.17) is 9.47 Å². The highest BCUT2D eigenvalue weighted by Gasteiger charge is 2.22. The largest absolute Gasteiger partial charge is 0.493 e. The lowest BCUT2D eigenvalue weighted by Crippen LogP contribution is -2.43.